The van der Waals surface area contributed by atoms with E-state index in [-0.39, 0.29) is 13.0 Å². The maximum absolute atomic E-state index is 12.0. The van der Waals surface area contributed by atoms with Crippen LogP contribution in [0.5, 0.6) is 0 Å². The third-order valence-electron chi connectivity index (χ3n) is 3.00. The van der Waals surface area contributed by atoms with E-state index in [4.69, 9.17) is 9.47 Å². The fourth-order valence-electron chi connectivity index (χ4n) is 2.10. The van der Waals surface area contributed by atoms with Crippen LogP contribution >= 0.6 is 0 Å². The van der Waals surface area contributed by atoms with E-state index in [1.165, 1.54) is 14.2 Å². The van der Waals surface area contributed by atoms with Gasteiger partial charge in [-0.25, -0.2) is 9.59 Å². The van der Waals surface area contributed by atoms with Crippen LogP contribution in [0.2, 0.25) is 0 Å². The Kier molecular flexibility index (Phi) is 5.16. The first kappa shape index (κ1) is 17.2. The molecule has 2 N–H and O–H groups in total. The summed E-state index contributed by atoms with van der Waals surface area (Å²) < 4.78 is 14.5. The number of esters is 2. The van der Waals surface area contributed by atoms with Crippen molar-refractivity contribution in [2.45, 2.75) is 44.4 Å². The summed E-state index contributed by atoms with van der Waals surface area (Å²) in [6.45, 7) is 5.18. The van der Waals surface area contributed by atoms with Crippen LogP contribution in [0.4, 0.5) is 4.79 Å². The highest BCUT2D eigenvalue weighted by Crippen LogP contribution is 2.23. The van der Waals surface area contributed by atoms with Crippen LogP contribution in [0.3, 0.4) is 0 Å². The van der Waals surface area contributed by atoms with E-state index in [0.29, 0.717) is 0 Å². The predicted octanol–water partition coefficient (Wildman–Crippen LogP) is -0.0422. The molecule has 1 amide bonds. The average Bonchev–Trinajstić information content (AvgIpc) is 2.79. The minimum Gasteiger partial charge on any atom is -0.468 e. The van der Waals surface area contributed by atoms with E-state index in [1.807, 2.05) is 0 Å². The van der Waals surface area contributed by atoms with Crippen molar-refractivity contribution in [2.24, 2.45) is 0 Å². The second kappa shape index (κ2) is 6.30. The molecule has 120 valence electrons. The van der Waals surface area contributed by atoms with Gasteiger partial charge in [-0.2, -0.15) is 0 Å². The molecule has 0 unspecified atom stereocenters. The first-order chi connectivity index (χ1) is 9.63. The molecule has 1 rings (SSSR count). The lowest BCUT2D eigenvalue weighted by molar-refractivity contribution is -0.148. The standard InChI is InChI=1S/C13H22N2O6/c1-12(2,3)21-11(18)15-13(10(17)20-5)6-8(14-7-13)9(16)19-4/h8,14H,6-7H2,1-5H3,(H,15,18)/t8-,13-/m1/s1. The van der Waals surface area contributed by atoms with Gasteiger partial charge in [0.25, 0.3) is 0 Å². The summed E-state index contributed by atoms with van der Waals surface area (Å²) >= 11 is 0. The van der Waals surface area contributed by atoms with Gasteiger partial charge in [0.15, 0.2) is 5.54 Å². The predicted molar refractivity (Wildman–Crippen MR) is 72.5 cm³/mol. The Balaban J connectivity index is 2.85. The second-order valence-electron chi connectivity index (χ2n) is 5.86. The zero-order chi connectivity index (χ0) is 16.3. The quantitative estimate of drug-likeness (QED) is 0.557. The first-order valence-corrected chi connectivity index (χ1v) is 6.54. The van der Waals surface area contributed by atoms with Gasteiger partial charge in [0.2, 0.25) is 0 Å². The second-order valence-corrected chi connectivity index (χ2v) is 5.86. The summed E-state index contributed by atoms with van der Waals surface area (Å²) in [7, 11) is 2.47. The number of methoxy groups -OCH3 is 2. The van der Waals surface area contributed by atoms with Crippen LogP contribution in [-0.4, -0.2) is 56.0 Å². The Bertz CT molecular complexity index is 431. The summed E-state index contributed by atoms with van der Waals surface area (Å²) in [6, 6.07) is -0.691. The van der Waals surface area contributed by atoms with E-state index in [1.54, 1.807) is 20.8 Å². The molecule has 8 nitrogen and oxygen atoms in total. The average molecular weight is 302 g/mol. The van der Waals surface area contributed by atoms with Gasteiger partial charge in [0, 0.05) is 13.0 Å². The monoisotopic (exact) mass is 302 g/mol. The van der Waals surface area contributed by atoms with Crippen molar-refractivity contribution in [2.75, 3.05) is 20.8 Å². The SMILES string of the molecule is COC(=O)[C@H]1C[C@](NC(=O)OC(C)(C)C)(C(=O)OC)CN1. The van der Waals surface area contributed by atoms with Gasteiger partial charge in [-0.05, 0) is 20.8 Å². The highest BCUT2D eigenvalue weighted by Gasteiger charge is 2.50. The Morgan fingerprint density at radius 3 is 2.29 bits per heavy atom. The van der Waals surface area contributed by atoms with Crippen LogP contribution in [0.15, 0.2) is 0 Å². The van der Waals surface area contributed by atoms with Crippen molar-refractivity contribution in [1.82, 2.24) is 10.6 Å². The Hall–Kier alpha value is -1.83. The van der Waals surface area contributed by atoms with E-state index < -0.39 is 35.2 Å². The van der Waals surface area contributed by atoms with Gasteiger partial charge in [-0.3, -0.25) is 4.79 Å². The number of carbonyl (C=O) groups excluding carboxylic acids is 3. The summed E-state index contributed by atoms with van der Waals surface area (Å²) in [4.78, 5) is 35.5. The maximum atomic E-state index is 12.0. The number of alkyl carbamates (subject to hydrolysis) is 1. The summed E-state index contributed by atoms with van der Waals surface area (Å²) in [5.41, 5.74) is -2.05. The molecule has 0 saturated carbocycles. The van der Waals surface area contributed by atoms with Gasteiger partial charge in [-0.1, -0.05) is 0 Å². The molecule has 0 radical (unpaired) electrons. The number of rotatable bonds is 3. The largest absolute Gasteiger partial charge is 0.468 e. The molecule has 0 spiro atoms. The normalized spacial score (nSPS) is 25.1. The molecule has 1 aliphatic rings. The van der Waals surface area contributed by atoms with E-state index in [0.717, 1.165) is 0 Å². The molecular formula is C13H22N2O6. The molecule has 0 aromatic carbocycles. The number of ether oxygens (including phenoxy) is 3. The van der Waals surface area contributed by atoms with Crippen molar-refractivity contribution >= 4 is 18.0 Å². The lowest BCUT2D eigenvalue weighted by atomic mass is 9.96. The maximum Gasteiger partial charge on any atom is 0.408 e. The molecule has 0 aromatic heterocycles. The summed E-state index contributed by atoms with van der Waals surface area (Å²) in [5, 5.41) is 5.34. The molecule has 1 saturated heterocycles. The molecule has 21 heavy (non-hydrogen) atoms. The lowest BCUT2D eigenvalue weighted by Gasteiger charge is -2.28. The summed E-state index contributed by atoms with van der Waals surface area (Å²) in [5.74, 6) is -1.15. The Morgan fingerprint density at radius 1 is 1.19 bits per heavy atom. The fraction of sp³-hybridized carbons (Fsp3) is 0.769. The first-order valence-electron chi connectivity index (χ1n) is 6.54. The highest BCUT2D eigenvalue weighted by molar-refractivity contribution is 5.89. The van der Waals surface area contributed by atoms with Crippen molar-refractivity contribution in [3.8, 4) is 0 Å². The fourth-order valence-corrected chi connectivity index (χ4v) is 2.10. The molecule has 2 atom stereocenters. The number of amides is 1. The smallest absolute Gasteiger partial charge is 0.408 e. The van der Waals surface area contributed by atoms with Gasteiger partial charge in [0.05, 0.1) is 14.2 Å². The van der Waals surface area contributed by atoms with Crippen LogP contribution in [0.25, 0.3) is 0 Å². The number of carbonyl (C=O) groups is 3. The highest BCUT2D eigenvalue weighted by atomic mass is 16.6. The van der Waals surface area contributed by atoms with Gasteiger partial charge in [-0.15, -0.1) is 0 Å². The molecule has 8 heteroatoms. The molecule has 0 bridgehead atoms. The Morgan fingerprint density at radius 2 is 1.81 bits per heavy atom. The van der Waals surface area contributed by atoms with Crippen molar-refractivity contribution in [1.29, 1.82) is 0 Å². The minimum absolute atomic E-state index is 0.0333. The zero-order valence-electron chi connectivity index (χ0n) is 12.9. The number of nitrogens with one attached hydrogen (secondary N) is 2. The third kappa shape index (κ3) is 4.32. The molecule has 1 fully saturated rings. The summed E-state index contributed by atoms with van der Waals surface area (Å²) in [6.07, 6.45) is -0.716. The van der Waals surface area contributed by atoms with Gasteiger partial charge in [0.1, 0.15) is 11.6 Å². The lowest BCUT2D eigenvalue weighted by Crippen LogP contribution is -2.57. The van der Waals surface area contributed by atoms with Crippen LogP contribution in [0.1, 0.15) is 27.2 Å². The number of hydrogen-bond donors (Lipinski definition) is 2. The molecule has 1 aliphatic heterocycles. The van der Waals surface area contributed by atoms with E-state index in [2.05, 4.69) is 15.4 Å². The topological polar surface area (TPSA) is 103 Å². The molecule has 0 aromatic rings. The number of hydrogen-bond acceptors (Lipinski definition) is 7. The van der Waals surface area contributed by atoms with Gasteiger partial charge < -0.3 is 24.8 Å². The van der Waals surface area contributed by atoms with Gasteiger partial charge >= 0.3 is 18.0 Å². The van der Waals surface area contributed by atoms with Crippen molar-refractivity contribution < 1.29 is 28.6 Å². The van der Waals surface area contributed by atoms with Crippen molar-refractivity contribution in [3.05, 3.63) is 0 Å². The zero-order valence-corrected chi connectivity index (χ0v) is 12.9. The van der Waals surface area contributed by atoms with Crippen molar-refractivity contribution in [3.63, 3.8) is 0 Å². The van der Waals surface area contributed by atoms with Crippen LogP contribution in [0, 0.1) is 0 Å². The Labute approximate surface area is 123 Å². The third-order valence-corrected chi connectivity index (χ3v) is 3.00. The van der Waals surface area contributed by atoms with E-state index in [9.17, 15) is 14.4 Å². The van der Waals surface area contributed by atoms with Crippen LogP contribution < -0.4 is 10.6 Å². The molecule has 0 aliphatic carbocycles. The molecule has 1 heterocycles. The minimum atomic E-state index is -1.35. The molecular weight excluding hydrogens is 280 g/mol. The van der Waals surface area contributed by atoms with Crippen LogP contribution in [-0.2, 0) is 23.8 Å². The van der Waals surface area contributed by atoms with E-state index >= 15 is 0 Å².